The molecule has 1 aromatic rings. The van der Waals surface area contributed by atoms with Gasteiger partial charge in [-0.3, -0.25) is 0 Å². The lowest BCUT2D eigenvalue weighted by Crippen LogP contribution is -2.44. The number of methoxy groups -OCH3 is 1. The molecule has 0 saturated heterocycles. The number of hydrogen-bond donors (Lipinski definition) is 1. The second-order valence-corrected chi connectivity index (χ2v) is 7.06. The van der Waals surface area contributed by atoms with Gasteiger partial charge in [0.2, 0.25) is 0 Å². The maximum absolute atomic E-state index is 5.26. The lowest BCUT2D eigenvalue weighted by Gasteiger charge is -2.39. The molecule has 1 aliphatic carbocycles. The van der Waals surface area contributed by atoms with Gasteiger partial charge in [0.05, 0.1) is 7.11 Å². The van der Waals surface area contributed by atoms with Crippen molar-refractivity contribution in [3.8, 4) is 5.75 Å². The molecule has 1 N–H and O–H groups in total. The predicted octanol–water partition coefficient (Wildman–Crippen LogP) is 4.43. The van der Waals surface area contributed by atoms with E-state index in [9.17, 15) is 0 Å². The smallest absolute Gasteiger partial charge is 0.118 e. The molecule has 1 fully saturated rings. The van der Waals surface area contributed by atoms with Gasteiger partial charge in [0.25, 0.3) is 0 Å². The lowest BCUT2D eigenvalue weighted by molar-refractivity contribution is 0.160. The fourth-order valence-corrected chi connectivity index (χ4v) is 4.21. The third kappa shape index (κ3) is 4.00. The summed E-state index contributed by atoms with van der Waals surface area (Å²) in [5.74, 6) is 1.72. The first kappa shape index (κ1) is 16.4. The molecule has 2 nitrogen and oxygen atoms in total. The molecule has 1 saturated carbocycles. The van der Waals surface area contributed by atoms with Gasteiger partial charge < -0.3 is 10.1 Å². The first-order valence-corrected chi connectivity index (χ1v) is 8.40. The summed E-state index contributed by atoms with van der Waals surface area (Å²) >= 11 is 0. The summed E-state index contributed by atoms with van der Waals surface area (Å²) in [7, 11) is 3.86. The Morgan fingerprint density at radius 3 is 2.24 bits per heavy atom. The van der Waals surface area contributed by atoms with Crippen molar-refractivity contribution in [3.05, 3.63) is 29.8 Å². The van der Waals surface area contributed by atoms with Crippen LogP contribution in [0.25, 0.3) is 0 Å². The zero-order valence-corrected chi connectivity index (χ0v) is 14.1. The molecule has 0 aliphatic heterocycles. The van der Waals surface area contributed by atoms with E-state index in [1.807, 2.05) is 0 Å². The van der Waals surface area contributed by atoms with Crippen molar-refractivity contribution in [1.82, 2.24) is 5.32 Å². The van der Waals surface area contributed by atoms with Crippen molar-refractivity contribution in [2.75, 3.05) is 14.2 Å². The SMILES string of the molecule is CNC(Cc1ccc(OC)cc1)C1(CC(C)C)CCCC1. The van der Waals surface area contributed by atoms with Crippen molar-refractivity contribution >= 4 is 0 Å². The van der Waals surface area contributed by atoms with Crippen LogP contribution in [0.15, 0.2) is 24.3 Å². The van der Waals surface area contributed by atoms with E-state index in [4.69, 9.17) is 4.74 Å². The second-order valence-electron chi connectivity index (χ2n) is 7.06. The average molecular weight is 289 g/mol. The van der Waals surface area contributed by atoms with Crippen LogP contribution < -0.4 is 10.1 Å². The van der Waals surface area contributed by atoms with Crippen LogP contribution in [-0.4, -0.2) is 20.2 Å². The molecule has 2 rings (SSSR count). The highest BCUT2D eigenvalue weighted by atomic mass is 16.5. The molecule has 0 aromatic heterocycles. The Hall–Kier alpha value is -1.02. The molecule has 0 heterocycles. The highest BCUT2D eigenvalue weighted by Crippen LogP contribution is 2.46. The fourth-order valence-electron chi connectivity index (χ4n) is 4.21. The van der Waals surface area contributed by atoms with Crippen LogP contribution in [0.4, 0.5) is 0 Å². The van der Waals surface area contributed by atoms with Crippen molar-refractivity contribution < 1.29 is 4.74 Å². The Morgan fingerprint density at radius 2 is 1.76 bits per heavy atom. The van der Waals surface area contributed by atoms with E-state index >= 15 is 0 Å². The van der Waals surface area contributed by atoms with Crippen LogP contribution in [-0.2, 0) is 6.42 Å². The molecule has 0 radical (unpaired) electrons. The van der Waals surface area contributed by atoms with Gasteiger partial charge in [0.1, 0.15) is 5.75 Å². The molecular weight excluding hydrogens is 258 g/mol. The van der Waals surface area contributed by atoms with Gasteiger partial charge in [-0.2, -0.15) is 0 Å². The zero-order chi connectivity index (χ0) is 15.3. The Kier molecular flexibility index (Phi) is 5.69. The largest absolute Gasteiger partial charge is 0.497 e. The Bertz CT molecular complexity index is 418. The fraction of sp³-hybridized carbons (Fsp3) is 0.684. The van der Waals surface area contributed by atoms with Crippen LogP contribution in [0.2, 0.25) is 0 Å². The summed E-state index contributed by atoms with van der Waals surface area (Å²) in [6.45, 7) is 4.72. The van der Waals surface area contributed by atoms with Gasteiger partial charge in [-0.1, -0.05) is 38.8 Å². The average Bonchev–Trinajstić information content (AvgIpc) is 2.94. The van der Waals surface area contributed by atoms with Gasteiger partial charge in [0, 0.05) is 6.04 Å². The number of hydrogen-bond acceptors (Lipinski definition) is 2. The Labute approximate surface area is 130 Å². The monoisotopic (exact) mass is 289 g/mol. The van der Waals surface area contributed by atoms with E-state index in [2.05, 4.69) is 50.5 Å². The standard InChI is InChI=1S/C19H31NO/c1-15(2)14-19(11-5-6-12-19)18(20-3)13-16-7-9-17(21-4)10-8-16/h7-10,15,18,20H,5-6,11-14H2,1-4H3. The highest BCUT2D eigenvalue weighted by molar-refractivity contribution is 5.28. The quantitative estimate of drug-likeness (QED) is 0.801. The lowest BCUT2D eigenvalue weighted by atomic mass is 9.71. The van der Waals surface area contributed by atoms with Gasteiger partial charge in [-0.15, -0.1) is 0 Å². The third-order valence-electron chi connectivity index (χ3n) is 5.10. The van der Waals surface area contributed by atoms with E-state index in [1.54, 1.807) is 7.11 Å². The molecule has 1 aliphatic rings. The first-order chi connectivity index (χ1) is 10.1. The number of likely N-dealkylation sites (N-methyl/N-ethyl adjacent to an activating group) is 1. The normalized spacial score (nSPS) is 18.9. The molecule has 2 heteroatoms. The topological polar surface area (TPSA) is 21.3 Å². The maximum Gasteiger partial charge on any atom is 0.118 e. The number of ether oxygens (including phenoxy) is 1. The maximum atomic E-state index is 5.26. The van der Waals surface area contributed by atoms with E-state index in [1.165, 1.54) is 37.7 Å². The van der Waals surface area contributed by atoms with Crippen LogP contribution in [0.1, 0.15) is 51.5 Å². The van der Waals surface area contributed by atoms with E-state index in [0.717, 1.165) is 18.1 Å². The second kappa shape index (κ2) is 7.31. The molecule has 21 heavy (non-hydrogen) atoms. The predicted molar refractivity (Wildman–Crippen MR) is 89.9 cm³/mol. The zero-order valence-electron chi connectivity index (χ0n) is 14.1. The number of nitrogens with one attached hydrogen (secondary N) is 1. The minimum atomic E-state index is 0.489. The first-order valence-electron chi connectivity index (χ1n) is 8.40. The Balaban J connectivity index is 2.12. The summed E-state index contributed by atoms with van der Waals surface area (Å²) < 4.78 is 5.26. The molecule has 1 unspecified atom stereocenters. The third-order valence-corrected chi connectivity index (χ3v) is 5.10. The van der Waals surface area contributed by atoms with E-state index < -0.39 is 0 Å². The van der Waals surface area contributed by atoms with Crippen molar-refractivity contribution in [2.24, 2.45) is 11.3 Å². The summed E-state index contributed by atoms with van der Waals surface area (Å²) in [6.07, 6.45) is 8.02. The summed E-state index contributed by atoms with van der Waals surface area (Å²) in [5, 5.41) is 3.64. The molecule has 0 bridgehead atoms. The molecule has 0 spiro atoms. The molecule has 1 atom stereocenters. The van der Waals surface area contributed by atoms with Gasteiger partial charge in [0.15, 0.2) is 0 Å². The van der Waals surface area contributed by atoms with Crippen LogP contribution in [0.3, 0.4) is 0 Å². The molecular formula is C19H31NO. The molecule has 1 aromatic carbocycles. The van der Waals surface area contributed by atoms with Crippen LogP contribution in [0.5, 0.6) is 5.75 Å². The number of rotatable bonds is 7. The minimum absolute atomic E-state index is 0.489. The highest BCUT2D eigenvalue weighted by Gasteiger charge is 2.40. The van der Waals surface area contributed by atoms with Gasteiger partial charge in [-0.25, -0.2) is 0 Å². The summed E-state index contributed by atoms with van der Waals surface area (Å²) in [5.41, 5.74) is 1.90. The van der Waals surface area contributed by atoms with Crippen molar-refractivity contribution in [1.29, 1.82) is 0 Å². The van der Waals surface area contributed by atoms with Crippen molar-refractivity contribution in [3.63, 3.8) is 0 Å². The Morgan fingerprint density at radius 1 is 1.14 bits per heavy atom. The van der Waals surface area contributed by atoms with E-state index in [0.29, 0.717) is 11.5 Å². The van der Waals surface area contributed by atoms with Crippen molar-refractivity contribution in [2.45, 2.75) is 58.4 Å². The molecule has 0 amide bonds. The molecule has 118 valence electrons. The summed E-state index contributed by atoms with van der Waals surface area (Å²) in [6, 6.07) is 9.15. The van der Waals surface area contributed by atoms with Crippen LogP contribution >= 0.6 is 0 Å². The minimum Gasteiger partial charge on any atom is -0.497 e. The van der Waals surface area contributed by atoms with E-state index in [-0.39, 0.29) is 0 Å². The number of benzene rings is 1. The van der Waals surface area contributed by atoms with Gasteiger partial charge >= 0.3 is 0 Å². The van der Waals surface area contributed by atoms with Crippen LogP contribution in [0, 0.1) is 11.3 Å². The van der Waals surface area contributed by atoms with Gasteiger partial charge in [-0.05, 0) is 61.8 Å². The summed E-state index contributed by atoms with van der Waals surface area (Å²) in [4.78, 5) is 0.